The van der Waals surface area contributed by atoms with Gasteiger partial charge in [0, 0.05) is 22.6 Å². The average Bonchev–Trinajstić information content (AvgIpc) is 3.03. The standard InChI is InChI=1S/C16H19FN2O/c1-15(2,3)19-14(20)16(6-7-16)12-9-18-13-5-4-10(17)8-11(12)13/h4-5,8-9,18H,6-7H2,1-3H3,(H,19,20). The molecule has 2 N–H and O–H groups in total. The smallest absolute Gasteiger partial charge is 0.231 e. The normalized spacial score (nSPS) is 17.2. The number of rotatable bonds is 2. The van der Waals surface area contributed by atoms with Crippen molar-refractivity contribution in [1.82, 2.24) is 10.3 Å². The third kappa shape index (κ3) is 2.09. The van der Waals surface area contributed by atoms with Crippen molar-refractivity contribution >= 4 is 16.8 Å². The van der Waals surface area contributed by atoms with E-state index < -0.39 is 5.41 Å². The summed E-state index contributed by atoms with van der Waals surface area (Å²) in [6, 6.07) is 4.65. The molecule has 2 aromatic rings. The molecule has 1 aliphatic carbocycles. The monoisotopic (exact) mass is 274 g/mol. The number of aromatic amines is 1. The molecule has 0 unspecified atom stereocenters. The molecule has 0 atom stereocenters. The minimum absolute atomic E-state index is 0.0372. The van der Waals surface area contributed by atoms with Crippen LogP contribution in [0.5, 0.6) is 0 Å². The highest BCUT2D eigenvalue weighted by Gasteiger charge is 2.53. The van der Waals surface area contributed by atoms with E-state index in [1.807, 2.05) is 27.0 Å². The molecule has 3 nitrogen and oxygen atoms in total. The van der Waals surface area contributed by atoms with Crippen molar-refractivity contribution in [2.45, 2.75) is 44.6 Å². The van der Waals surface area contributed by atoms with Crippen LogP contribution in [-0.4, -0.2) is 16.4 Å². The molecule has 0 spiro atoms. The molecule has 1 aliphatic rings. The van der Waals surface area contributed by atoms with Gasteiger partial charge in [-0.25, -0.2) is 4.39 Å². The molecule has 1 amide bonds. The minimum Gasteiger partial charge on any atom is -0.361 e. The quantitative estimate of drug-likeness (QED) is 0.867. The number of nitrogens with one attached hydrogen (secondary N) is 2. The molecule has 0 aliphatic heterocycles. The molecular formula is C16H19FN2O. The summed E-state index contributed by atoms with van der Waals surface area (Å²) in [6.07, 6.45) is 3.48. The Labute approximate surface area is 117 Å². The third-order valence-electron chi connectivity index (χ3n) is 3.83. The summed E-state index contributed by atoms with van der Waals surface area (Å²) in [5, 5.41) is 3.85. The summed E-state index contributed by atoms with van der Waals surface area (Å²) in [6.45, 7) is 5.90. The van der Waals surface area contributed by atoms with Gasteiger partial charge in [0.05, 0.1) is 5.41 Å². The Morgan fingerprint density at radius 3 is 2.65 bits per heavy atom. The van der Waals surface area contributed by atoms with Crippen molar-refractivity contribution in [2.75, 3.05) is 0 Å². The maximum Gasteiger partial charge on any atom is 0.231 e. The second kappa shape index (κ2) is 4.08. The number of carbonyl (C=O) groups excluding carboxylic acids is 1. The summed E-state index contributed by atoms with van der Waals surface area (Å²) in [5.74, 6) is -0.236. The zero-order chi connectivity index (χ0) is 14.5. The summed E-state index contributed by atoms with van der Waals surface area (Å²) in [5.41, 5.74) is 1.04. The van der Waals surface area contributed by atoms with Crippen LogP contribution in [0, 0.1) is 5.82 Å². The summed E-state index contributed by atoms with van der Waals surface area (Å²) >= 11 is 0. The first-order valence-corrected chi connectivity index (χ1v) is 6.92. The van der Waals surface area contributed by atoms with Crippen molar-refractivity contribution in [3.63, 3.8) is 0 Å². The Bertz CT molecular complexity index is 677. The fourth-order valence-electron chi connectivity index (χ4n) is 2.69. The second-order valence-corrected chi connectivity index (χ2v) is 6.68. The van der Waals surface area contributed by atoms with E-state index in [0.717, 1.165) is 29.3 Å². The highest BCUT2D eigenvalue weighted by Crippen LogP contribution is 2.51. The van der Waals surface area contributed by atoms with Gasteiger partial charge < -0.3 is 10.3 Å². The lowest BCUT2D eigenvalue weighted by atomic mass is 9.93. The van der Waals surface area contributed by atoms with E-state index in [-0.39, 0.29) is 17.3 Å². The van der Waals surface area contributed by atoms with Crippen LogP contribution >= 0.6 is 0 Å². The fraction of sp³-hybridized carbons (Fsp3) is 0.438. The number of benzene rings is 1. The molecule has 20 heavy (non-hydrogen) atoms. The van der Waals surface area contributed by atoms with Gasteiger partial charge in [0.25, 0.3) is 0 Å². The highest BCUT2D eigenvalue weighted by molar-refractivity contribution is 5.97. The number of hydrogen-bond donors (Lipinski definition) is 2. The number of H-pyrrole nitrogens is 1. The molecule has 1 fully saturated rings. The van der Waals surface area contributed by atoms with Crippen LogP contribution in [0.4, 0.5) is 4.39 Å². The van der Waals surface area contributed by atoms with E-state index in [1.54, 1.807) is 6.07 Å². The molecule has 4 heteroatoms. The molecule has 1 aromatic carbocycles. The first-order chi connectivity index (χ1) is 9.32. The molecule has 1 aromatic heterocycles. The van der Waals surface area contributed by atoms with Crippen molar-refractivity contribution < 1.29 is 9.18 Å². The van der Waals surface area contributed by atoms with Crippen LogP contribution < -0.4 is 5.32 Å². The van der Waals surface area contributed by atoms with Crippen molar-refractivity contribution in [3.05, 3.63) is 35.8 Å². The van der Waals surface area contributed by atoms with Crippen LogP contribution in [-0.2, 0) is 10.2 Å². The number of aromatic nitrogens is 1. The Balaban J connectivity index is 2.02. The second-order valence-electron chi connectivity index (χ2n) is 6.68. The van der Waals surface area contributed by atoms with Crippen molar-refractivity contribution in [1.29, 1.82) is 0 Å². The van der Waals surface area contributed by atoms with Gasteiger partial charge in [0.15, 0.2) is 0 Å². The van der Waals surface area contributed by atoms with Gasteiger partial charge in [0.1, 0.15) is 5.82 Å². The van der Waals surface area contributed by atoms with Crippen LogP contribution in [0.15, 0.2) is 24.4 Å². The maximum absolute atomic E-state index is 13.5. The number of hydrogen-bond acceptors (Lipinski definition) is 1. The minimum atomic E-state index is -0.487. The zero-order valence-electron chi connectivity index (χ0n) is 12.0. The topological polar surface area (TPSA) is 44.9 Å². The molecule has 0 radical (unpaired) electrons. The van der Waals surface area contributed by atoms with E-state index in [2.05, 4.69) is 10.3 Å². The Morgan fingerprint density at radius 1 is 1.35 bits per heavy atom. The molecule has 0 saturated heterocycles. The molecular weight excluding hydrogens is 255 g/mol. The first kappa shape index (κ1) is 13.2. The molecule has 1 saturated carbocycles. The summed E-state index contributed by atoms with van der Waals surface area (Å²) in [4.78, 5) is 15.7. The van der Waals surface area contributed by atoms with Crippen LogP contribution in [0.3, 0.4) is 0 Å². The molecule has 3 rings (SSSR count). The largest absolute Gasteiger partial charge is 0.361 e. The number of halogens is 1. The first-order valence-electron chi connectivity index (χ1n) is 6.92. The summed E-state index contributed by atoms with van der Waals surface area (Å²) in [7, 11) is 0. The predicted octanol–water partition coefficient (Wildman–Crippen LogP) is 3.25. The van der Waals surface area contributed by atoms with Gasteiger partial charge >= 0.3 is 0 Å². The SMILES string of the molecule is CC(C)(C)NC(=O)C1(c2c[nH]c3ccc(F)cc23)CC1. The van der Waals surface area contributed by atoms with E-state index >= 15 is 0 Å². The van der Waals surface area contributed by atoms with Crippen LogP contribution in [0.1, 0.15) is 39.2 Å². The summed E-state index contributed by atoms with van der Waals surface area (Å²) < 4.78 is 13.5. The van der Waals surface area contributed by atoms with Gasteiger partial charge in [-0.3, -0.25) is 4.79 Å². The average molecular weight is 274 g/mol. The van der Waals surface area contributed by atoms with E-state index in [0.29, 0.717) is 0 Å². The zero-order valence-corrected chi connectivity index (χ0v) is 12.0. The molecule has 106 valence electrons. The van der Waals surface area contributed by atoms with E-state index in [1.165, 1.54) is 12.1 Å². The lowest BCUT2D eigenvalue weighted by molar-refractivity contribution is -0.125. The molecule has 1 heterocycles. The van der Waals surface area contributed by atoms with Crippen molar-refractivity contribution in [2.24, 2.45) is 0 Å². The van der Waals surface area contributed by atoms with Crippen molar-refractivity contribution in [3.8, 4) is 0 Å². The van der Waals surface area contributed by atoms with Gasteiger partial charge in [-0.05, 0) is 57.4 Å². The Morgan fingerprint density at radius 2 is 2.05 bits per heavy atom. The lowest BCUT2D eigenvalue weighted by Crippen LogP contribution is -2.46. The lowest BCUT2D eigenvalue weighted by Gasteiger charge is -2.24. The van der Waals surface area contributed by atoms with E-state index in [4.69, 9.17) is 0 Å². The number of carbonyl (C=O) groups is 1. The fourth-order valence-corrected chi connectivity index (χ4v) is 2.69. The van der Waals surface area contributed by atoms with Gasteiger partial charge in [-0.2, -0.15) is 0 Å². The van der Waals surface area contributed by atoms with Crippen LogP contribution in [0.2, 0.25) is 0 Å². The molecule has 0 bridgehead atoms. The number of amides is 1. The van der Waals surface area contributed by atoms with Gasteiger partial charge in [-0.1, -0.05) is 0 Å². The predicted molar refractivity (Wildman–Crippen MR) is 77.1 cm³/mol. The number of fused-ring (bicyclic) bond motifs is 1. The van der Waals surface area contributed by atoms with E-state index in [9.17, 15) is 9.18 Å². The highest BCUT2D eigenvalue weighted by atomic mass is 19.1. The Kier molecular flexibility index (Phi) is 2.68. The van der Waals surface area contributed by atoms with Gasteiger partial charge in [0.2, 0.25) is 5.91 Å². The van der Waals surface area contributed by atoms with Crippen LogP contribution in [0.25, 0.3) is 10.9 Å². The maximum atomic E-state index is 13.5. The third-order valence-corrected chi connectivity index (χ3v) is 3.83. The van der Waals surface area contributed by atoms with Gasteiger partial charge in [-0.15, -0.1) is 0 Å². The Hall–Kier alpha value is -1.84.